The second kappa shape index (κ2) is 9.70. The molecule has 4 N–H and O–H groups in total. The molecule has 0 saturated heterocycles. The van der Waals surface area contributed by atoms with Crippen molar-refractivity contribution in [3.8, 4) is 0 Å². The lowest BCUT2D eigenvalue weighted by atomic mass is 9.50. The Labute approximate surface area is 214 Å². The molecule has 0 aromatic carbocycles. The van der Waals surface area contributed by atoms with E-state index in [-0.39, 0.29) is 23.5 Å². The van der Waals surface area contributed by atoms with Crippen LogP contribution in [-0.2, 0) is 6.42 Å². The van der Waals surface area contributed by atoms with Crippen molar-refractivity contribution in [1.82, 2.24) is 4.90 Å². The maximum atomic E-state index is 12.2. The third-order valence-corrected chi connectivity index (χ3v) is 11.2. The van der Waals surface area contributed by atoms with Gasteiger partial charge in [0.15, 0.2) is 0 Å². The van der Waals surface area contributed by atoms with Gasteiger partial charge in [0.05, 0.1) is 24.4 Å². The second-order valence-electron chi connectivity index (χ2n) is 12.2. The van der Waals surface area contributed by atoms with Gasteiger partial charge in [-0.05, 0) is 80.1 Å². The van der Waals surface area contributed by atoms with Gasteiger partial charge in [-0.2, -0.15) is 0 Å². The SMILES string of the molecule is C[C@]12CC[C@H](O)CC1=CC=C1[C@@H]2CC[C@@]2(C)[C@H]1CC[C@@]2(O)CN(CCc1cccs1)C[C@H](O)CO. The summed E-state index contributed by atoms with van der Waals surface area (Å²) >= 11 is 1.74. The van der Waals surface area contributed by atoms with Crippen LogP contribution in [0.5, 0.6) is 0 Å². The van der Waals surface area contributed by atoms with Crippen LogP contribution in [0.3, 0.4) is 0 Å². The summed E-state index contributed by atoms with van der Waals surface area (Å²) < 4.78 is 0. The third kappa shape index (κ3) is 4.49. The number of hydrogen-bond acceptors (Lipinski definition) is 6. The fourth-order valence-corrected chi connectivity index (χ4v) is 8.74. The van der Waals surface area contributed by atoms with Gasteiger partial charge in [-0.1, -0.05) is 43.2 Å². The summed E-state index contributed by atoms with van der Waals surface area (Å²) in [5.41, 5.74) is 2.07. The highest BCUT2D eigenvalue weighted by Crippen LogP contribution is 2.66. The number of rotatable bonds is 8. The molecule has 0 bridgehead atoms. The van der Waals surface area contributed by atoms with Gasteiger partial charge >= 0.3 is 0 Å². The van der Waals surface area contributed by atoms with Crippen molar-refractivity contribution in [2.24, 2.45) is 22.7 Å². The van der Waals surface area contributed by atoms with E-state index >= 15 is 0 Å². The number of aliphatic hydroxyl groups excluding tert-OH is 3. The molecular weight excluding hydrogens is 458 g/mol. The van der Waals surface area contributed by atoms with Crippen LogP contribution >= 0.6 is 11.3 Å². The Morgan fingerprint density at radius 2 is 1.91 bits per heavy atom. The van der Waals surface area contributed by atoms with Crippen LogP contribution in [0.2, 0.25) is 0 Å². The van der Waals surface area contributed by atoms with Gasteiger partial charge in [0.25, 0.3) is 0 Å². The summed E-state index contributed by atoms with van der Waals surface area (Å²) in [5.74, 6) is 0.885. The summed E-state index contributed by atoms with van der Waals surface area (Å²) in [6.45, 7) is 6.12. The maximum Gasteiger partial charge on any atom is 0.0897 e. The first-order valence-electron chi connectivity index (χ1n) is 13.5. The van der Waals surface area contributed by atoms with Crippen LogP contribution in [0, 0.1) is 22.7 Å². The lowest BCUT2D eigenvalue weighted by Crippen LogP contribution is -2.57. The third-order valence-electron chi connectivity index (χ3n) is 10.3. The lowest BCUT2D eigenvalue weighted by molar-refractivity contribution is -0.106. The minimum atomic E-state index is -0.818. The minimum absolute atomic E-state index is 0.142. The zero-order chi connectivity index (χ0) is 24.8. The van der Waals surface area contributed by atoms with Crippen LogP contribution < -0.4 is 0 Å². The predicted molar refractivity (Wildman–Crippen MR) is 140 cm³/mol. The number of fused-ring (bicyclic) bond motifs is 5. The maximum absolute atomic E-state index is 12.2. The van der Waals surface area contributed by atoms with Crippen LogP contribution in [-0.4, -0.2) is 69.4 Å². The molecule has 0 amide bonds. The van der Waals surface area contributed by atoms with Gasteiger partial charge in [0.2, 0.25) is 0 Å². The van der Waals surface area contributed by atoms with Crippen LogP contribution in [0.25, 0.3) is 0 Å². The fourth-order valence-electron chi connectivity index (χ4n) is 8.04. The fraction of sp³-hybridized carbons (Fsp3) is 0.724. The van der Waals surface area contributed by atoms with E-state index in [9.17, 15) is 20.4 Å². The largest absolute Gasteiger partial charge is 0.394 e. The summed E-state index contributed by atoms with van der Waals surface area (Å²) in [5, 5.41) is 44.3. The smallest absolute Gasteiger partial charge is 0.0897 e. The molecule has 5 nitrogen and oxygen atoms in total. The highest BCUT2D eigenvalue weighted by atomic mass is 32.1. The Morgan fingerprint density at radius 3 is 2.66 bits per heavy atom. The van der Waals surface area contributed by atoms with Gasteiger partial charge in [-0.3, -0.25) is 4.90 Å². The van der Waals surface area contributed by atoms with Crippen molar-refractivity contribution in [3.63, 3.8) is 0 Å². The van der Waals surface area contributed by atoms with E-state index in [1.54, 1.807) is 11.3 Å². The zero-order valence-corrected chi connectivity index (χ0v) is 22.1. The van der Waals surface area contributed by atoms with E-state index in [2.05, 4.69) is 48.4 Å². The Morgan fingerprint density at radius 1 is 1.11 bits per heavy atom. The number of nitrogens with zero attached hydrogens (tertiary/aromatic N) is 1. The van der Waals surface area contributed by atoms with Crippen LogP contribution in [0.15, 0.2) is 40.8 Å². The van der Waals surface area contributed by atoms with Gasteiger partial charge < -0.3 is 20.4 Å². The Kier molecular flexibility index (Phi) is 7.10. The van der Waals surface area contributed by atoms with E-state index in [0.29, 0.717) is 24.9 Å². The first kappa shape index (κ1) is 25.6. The molecule has 7 atom stereocenters. The van der Waals surface area contributed by atoms with Crippen LogP contribution in [0.1, 0.15) is 63.7 Å². The van der Waals surface area contributed by atoms with E-state index in [4.69, 9.17) is 0 Å². The molecule has 194 valence electrons. The van der Waals surface area contributed by atoms with E-state index in [1.807, 2.05) is 0 Å². The highest BCUT2D eigenvalue weighted by molar-refractivity contribution is 7.09. The number of aliphatic hydroxyl groups is 4. The van der Waals surface area contributed by atoms with Crippen molar-refractivity contribution in [3.05, 3.63) is 45.7 Å². The van der Waals surface area contributed by atoms with E-state index < -0.39 is 11.7 Å². The van der Waals surface area contributed by atoms with E-state index in [0.717, 1.165) is 57.9 Å². The van der Waals surface area contributed by atoms with Crippen LogP contribution in [0.4, 0.5) is 0 Å². The first-order chi connectivity index (χ1) is 16.7. The Bertz CT molecular complexity index is 960. The number of allylic oxidation sites excluding steroid dienone is 3. The summed E-state index contributed by atoms with van der Waals surface area (Å²) in [6, 6.07) is 4.20. The molecule has 1 heterocycles. The topological polar surface area (TPSA) is 84.2 Å². The molecule has 3 saturated carbocycles. The highest BCUT2D eigenvalue weighted by Gasteiger charge is 2.62. The second-order valence-corrected chi connectivity index (χ2v) is 13.2. The molecule has 3 fully saturated rings. The molecule has 6 heteroatoms. The lowest BCUT2D eigenvalue weighted by Gasteiger charge is -2.56. The van der Waals surface area contributed by atoms with Gasteiger partial charge in [0, 0.05) is 29.9 Å². The molecule has 5 rings (SSSR count). The monoisotopic (exact) mass is 501 g/mol. The molecular formula is C29H43NO4S. The molecule has 35 heavy (non-hydrogen) atoms. The van der Waals surface area contributed by atoms with E-state index in [1.165, 1.54) is 16.0 Å². The van der Waals surface area contributed by atoms with Gasteiger partial charge in [0.1, 0.15) is 0 Å². The standard InChI is InChI=1S/C29H43NO4S/c1-27-11-7-21(32)16-20(27)5-6-24-25(27)8-12-28(2)26(24)9-13-29(28,34)19-30(17-22(33)18-31)14-10-23-4-3-15-35-23/h3-6,15,21-22,25-26,31-34H,7-14,16-19H2,1-2H3/t21-,22-,25-,26-,27-,28-,29+/m0/s1. The molecule has 1 aromatic rings. The van der Waals surface area contributed by atoms with Crippen molar-refractivity contribution >= 4 is 11.3 Å². The van der Waals surface area contributed by atoms with Crippen molar-refractivity contribution < 1.29 is 20.4 Å². The Hall–Kier alpha value is -1.02. The normalized spacial score (nSPS) is 39.5. The molecule has 1 aromatic heterocycles. The van der Waals surface area contributed by atoms with Crippen molar-refractivity contribution in [2.45, 2.75) is 83.0 Å². The Balaban J connectivity index is 1.37. The molecule has 0 radical (unpaired) electrons. The summed E-state index contributed by atoms with van der Waals surface area (Å²) in [6.07, 6.45) is 11.1. The van der Waals surface area contributed by atoms with Gasteiger partial charge in [-0.15, -0.1) is 11.3 Å². The molecule has 4 aliphatic rings. The molecule has 0 spiro atoms. The zero-order valence-electron chi connectivity index (χ0n) is 21.3. The van der Waals surface area contributed by atoms with Crippen molar-refractivity contribution in [1.29, 1.82) is 0 Å². The summed E-state index contributed by atoms with van der Waals surface area (Å²) in [7, 11) is 0. The predicted octanol–water partition coefficient (Wildman–Crippen LogP) is 3.92. The number of hydrogen-bond donors (Lipinski definition) is 4. The average molecular weight is 502 g/mol. The van der Waals surface area contributed by atoms with Gasteiger partial charge in [-0.25, -0.2) is 0 Å². The average Bonchev–Trinajstić information content (AvgIpc) is 3.44. The quantitative estimate of drug-likeness (QED) is 0.434. The molecule has 0 aliphatic heterocycles. The first-order valence-corrected chi connectivity index (χ1v) is 14.4. The number of thiophene rings is 1. The minimum Gasteiger partial charge on any atom is -0.394 e. The summed E-state index contributed by atoms with van der Waals surface area (Å²) in [4.78, 5) is 3.48. The molecule has 4 aliphatic carbocycles. The van der Waals surface area contributed by atoms with Crippen molar-refractivity contribution in [2.75, 3.05) is 26.2 Å². The molecule has 0 unspecified atom stereocenters.